The molecule has 0 aromatic heterocycles. The van der Waals surface area contributed by atoms with E-state index in [0.29, 0.717) is 0 Å². The van der Waals surface area contributed by atoms with E-state index in [1.807, 2.05) is 0 Å². The molecule has 1 amide bonds. The quantitative estimate of drug-likeness (QED) is 0.756. The molecule has 0 aliphatic carbocycles. The van der Waals surface area contributed by atoms with Crippen LogP contribution in [0.4, 0.5) is 0 Å². The lowest BCUT2D eigenvalue weighted by Gasteiger charge is -2.19. The first-order chi connectivity index (χ1) is 7.02. The Morgan fingerprint density at radius 2 is 2.13 bits per heavy atom. The molecule has 2 atom stereocenters. The molecule has 0 spiro atoms. The Hall–Kier alpha value is -0.710. The van der Waals surface area contributed by atoms with E-state index >= 15 is 0 Å². The fraction of sp³-hybridized carbons (Fsp3) is 0.800. The lowest BCUT2D eigenvalue weighted by Crippen LogP contribution is -2.46. The van der Waals surface area contributed by atoms with E-state index in [-0.39, 0.29) is 17.7 Å². The molecule has 1 unspecified atom stereocenters. The second kappa shape index (κ2) is 5.39. The smallest absolute Gasteiger partial charge is 0.326 e. The summed E-state index contributed by atoms with van der Waals surface area (Å²) >= 11 is 1.75. The predicted octanol–water partition coefficient (Wildman–Crippen LogP) is 0.965. The third-order valence-electron chi connectivity index (χ3n) is 2.53. The second-order valence-electron chi connectivity index (χ2n) is 4.13. The number of carboxylic acid groups (broad SMARTS) is 1. The molecule has 1 fully saturated rings. The highest BCUT2D eigenvalue weighted by molar-refractivity contribution is 7.99. The lowest BCUT2D eigenvalue weighted by atomic mass is 10.0. The van der Waals surface area contributed by atoms with E-state index < -0.39 is 12.0 Å². The van der Waals surface area contributed by atoms with Crippen LogP contribution in [0, 0.1) is 11.8 Å². The zero-order valence-corrected chi connectivity index (χ0v) is 9.84. The summed E-state index contributed by atoms with van der Waals surface area (Å²) in [5.74, 6) is 0.662. The molecule has 1 rings (SSSR count). The van der Waals surface area contributed by atoms with Gasteiger partial charge in [-0.15, -0.1) is 0 Å². The van der Waals surface area contributed by atoms with Gasteiger partial charge in [0.25, 0.3) is 0 Å². The van der Waals surface area contributed by atoms with Crippen LogP contribution in [-0.4, -0.2) is 34.5 Å². The molecule has 2 N–H and O–H groups in total. The van der Waals surface area contributed by atoms with Crippen molar-refractivity contribution in [1.82, 2.24) is 5.32 Å². The molecule has 0 radical (unpaired) electrons. The number of nitrogens with one attached hydrogen (secondary N) is 1. The molecule has 0 aromatic rings. The van der Waals surface area contributed by atoms with Gasteiger partial charge < -0.3 is 10.4 Å². The molecular weight excluding hydrogens is 214 g/mol. The van der Waals surface area contributed by atoms with E-state index in [4.69, 9.17) is 5.11 Å². The van der Waals surface area contributed by atoms with Crippen LogP contribution in [0.25, 0.3) is 0 Å². The van der Waals surface area contributed by atoms with Gasteiger partial charge in [0.2, 0.25) is 5.91 Å². The van der Waals surface area contributed by atoms with Crippen molar-refractivity contribution in [2.75, 3.05) is 11.5 Å². The highest BCUT2D eigenvalue weighted by atomic mass is 32.2. The van der Waals surface area contributed by atoms with Crippen molar-refractivity contribution in [3.8, 4) is 0 Å². The Bertz CT molecular complexity index is 249. The maximum absolute atomic E-state index is 11.7. The van der Waals surface area contributed by atoms with Crippen molar-refractivity contribution >= 4 is 23.6 Å². The van der Waals surface area contributed by atoms with Crippen LogP contribution in [0.5, 0.6) is 0 Å². The summed E-state index contributed by atoms with van der Waals surface area (Å²) in [5.41, 5.74) is 0. The molecule has 4 nitrogen and oxygen atoms in total. The standard InChI is InChI=1S/C10H17NO3S/c1-6(2)8(10(13)14)11-9(12)7-3-4-15-5-7/h6-8H,3-5H2,1-2H3,(H,11,12)(H,13,14)/t7?,8-/m1/s1. The van der Waals surface area contributed by atoms with E-state index in [0.717, 1.165) is 17.9 Å². The van der Waals surface area contributed by atoms with Crippen molar-refractivity contribution in [3.63, 3.8) is 0 Å². The van der Waals surface area contributed by atoms with Gasteiger partial charge in [-0.25, -0.2) is 4.79 Å². The van der Waals surface area contributed by atoms with E-state index in [1.54, 1.807) is 25.6 Å². The number of hydrogen-bond donors (Lipinski definition) is 2. The monoisotopic (exact) mass is 231 g/mol. The number of rotatable bonds is 4. The molecule has 1 aliphatic heterocycles. The minimum atomic E-state index is -0.955. The van der Waals surface area contributed by atoms with Gasteiger partial charge in [-0.1, -0.05) is 13.8 Å². The van der Waals surface area contributed by atoms with Gasteiger partial charge in [0.1, 0.15) is 6.04 Å². The SMILES string of the molecule is CC(C)[C@@H](NC(=O)C1CCSC1)C(=O)O. The number of aliphatic carboxylic acids is 1. The Labute approximate surface area is 93.8 Å². The Morgan fingerprint density at radius 1 is 1.47 bits per heavy atom. The minimum absolute atomic E-state index is 0.00407. The Kier molecular flexibility index (Phi) is 4.45. The average Bonchev–Trinajstić information content (AvgIpc) is 2.65. The molecule has 5 heteroatoms. The zero-order valence-electron chi connectivity index (χ0n) is 9.03. The summed E-state index contributed by atoms with van der Waals surface area (Å²) in [6, 6.07) is -0.761. The van der Waals surface area contributed by atoms with Crippen molar-refractivity contribution in [2.45, 2.75) is 26.3 Å². The molecule has 1 saturated heterocycles. The van der Waals surface area contributed by atoms with Crippen molar-refractivity contribution in [1.29, 1.82) is 0 Å². The highest BCUT2D eigenvalue weighted by Crippen LogP contribution is 2.23. The number of carboxylic acids is 1. The van der Waals surface area contributed by atoms with Crippen LogP contribution in [0.3, 0.4) is 0 Å². The highest BCUT2D eigenvalue weighted by Gasteiger charge is 2.29. The summed E-state index contributed by atoms with van der Waals surface area (Å²) in [6.45, 7) is 3.59. The number of amides is 1. The normalized spacial score (nSPS) is 22.7. The van der Waals surface area contributed by atoms with Gasteiger partial charge in [0.15, 0.2) is 0 Å². The van der Waals surface area contributed by atoms with E-state index in [9.17, 15) is 9.59 Å². The number of hydrogen-bond acceptors (Lipinski definition) is 3. The van der Waals surface area contributed by atoms with Crippen LogP contribution in [0.1, 0.15) is 20.3 Å². The summed E-state index contributed by atoms with van der Waals surface area (Å²) in [4.78, 5) is 22.5. The fourth-order valence-corrected chi connectivity index (χ4v) is 2.75. The number of thioether (sulfide) groups is 1. The minimum Gasteiger partial charge on any atom is -0.480 e. The molecular formula is C10H17NO3S. The van der Waals surface area contributed by atoms with Gasteiger partial charge in [0.05, 0.1) is 0 Å². The predicted molar refractivity (Wildman–Crippen MR) is 59.8 cm³/mol. The van der Waals surface area contributed by atoms with Crippen molar-refractivity contribution in [2.24, 2.45) is 11.8 Å². The van der Waals surface area contributed by atoms with E-state index in [1.165, 1.54) is 0 Å². The Balaban J connectivity index is 2.50. The van der Waals surface area contributed by atoms with Gasteiger partial charge in [-0.3, -0.25) is 4.79 Å². The van der Waals surface area contributed by atoms with Crippen LogP contribution < -0.4 is 5.32 Å². The molecule has 1 heterocycles. The topological polar surface area (TPSA) is 66.4 Å². The maximum Gasteiger partial charge on any atom is 0.326 e. The fourth-order valence-electron chi connectivity index (χ4n) is 1.53. The van der Waals surface area contributed by atoms with E-state index in [2.05, 4.69) is 5.32 Å². The zero-order chi connectivity index (χ0) is 11.4. The summed E-state index contributed by atoms with van der Waals surface area (Å²) < 4.78 is 0. The summed E-state index contributed by atoms with van der Waals surface area (Å²) in [5, 5.41) is 11.5. The number of carbonyl (C=O) groups excluding carboxylic acids is 1. The average molecular weight is 231 g/mol. The first-order valence-electron chi connectivity index (χ1n) is 5.13. The van der Waals surface area contributed by atoms with Crippen LogP contribution in [-0.2, 0) is 9.59 Å². The lowest BCUT2D eigenvalue weighted by molar-refractivity contribution is -0.143. The first kappa shape index (κ1) is 12.4. The number of carbonyl (C=O) groups is 2. The van der Waals surface area contributed by atoms with Crippen LogP contribution >= 0.6 is 11.8 Å². The summed E-state index contributed by atoms with van der Waals surface area (Å²) in [6.07, 6.45) is 0.862. The molecule has 0 bridgehead atoms. The van der Waals surface area contributed by atoms with Gasteiger partial charge in [-0.05, 0) is 18.1 Å². The summed E-state index contributed by atoms with van der Waals surface area (Å²) in [7, 11) is 0. The molecule has 15 heavy (non-hydrogen) atoms. The maximum atomic E-state index is 11.7. The van der Waals surface area contributed by atoms with Crippen molar-refractivity contribution in [3.05, 3.63) is 0 Å². The molecule has 86 valence electrons. The molecule has 1 aliphatic rings. The van der Waals surface area contributed by atoms with Gasteiger partial charge in [-0.2, -0.15) is 11.8 Å². The largest absolute Gasteiger partial charge is 0.480 e. The first-order valence-corrected chi connectivity index (χ1v) is 6.28. The van der Waals surface area contributed by atoms with Crippen molar-refractivity contribution < 1.29 is 14.7 Å². The second-order valence-corrected chi connectivity index (χ2v) is 5.28. The molecule has 0 aromatic carbocycles. The van der Waals surface area contributed by atoms with Gasteiger partial charge >= 0.3 is 5.97 Å². The Morgan fingerprint density at radius 3 is 2.53 bits per heavy atom. The third kappa shape index (κ3) is 3.41. The molecule has 0 saturated carbocycles. The van der Waals surface area contributed by atoms with Crippen LogP contribution in [0.2, 0.25) is 0 Å². The van der Waals surface area contributed by atoms with Crippen LogP contribution in [0.15, 0.2) is 0 Å². The third-order valence-corrected chi connectivity index (χ3v) is 3.69. The van der Waals surface area contributed by atoms with Gasteiger partial charge in [0, 0.05) is 11.7 Å².